The summed E-state index contributed by atoms with van der Waals surface area (Å²) in [5, 5.41) is 119. The van der Waals surface area contributed by atoms with Crippen LogP contribution in [0, 0.1) is 27.1 Å². The third kappa shape index (κ3) is 8.83. The van der Waals surface area contributed by atoms with Crippen molar-refractivity contribution in [1.29, 1.82) is 0 Å². The summed E-state index contributed by atoms with van der Waals surface area (Å²) in [6, 6.07) is 0. The van der Waals surface area contributed by atoms with Crippen molar-refractivity contribution < 1.29 is 395 Å². The summed E-state index contributed by atoms with van der Waals surface area (Å²) >= 11 is 0. The summed E-state index contributed by atoms with van der Waals surface area (Å²) in [5.74, 6) is -43.1. The van der Waals surface area contributed by atoms with Crippen molar-refractivity contribution in [3.05, 3.63) is 0 Å². The molecule has 0 heterocycles. The van der Waals surface area contributed by atoms with E-state index < -0.39 is 86.8 Å². The summed E-state index contributed by atoms with van der Waals surface area (Å²) in [6.45, 7) is 0. The molecule has 0 unspecified atom stereocenters. The van der Waals surface area contributed by atoms with Gasteiger partial charge in [-0.2, -0.15) is 0 Å². The second kappa shape index (κ2) is 26.5. The molecule has 0 aromatic heterocycles. The van der Waals surface area contributed by atoms with Gasteiger partial charge in [0.25, 0.3) is 0 Å². The quantitative estimate of drug-likeness (QED) is 0.149. The van der Waals surface area contributed by atoms with Crippen molar-refractivity contribution in [2.75, 3.05) is 0 Å². The molecule has 0 amide bonds. The van der Waals surface area contributed by atoms with Crippen molar-refractivity contribution in [3.8, 4) is 0 Å². The Morgan fingerprint density at radius 3 is 0.267 bits per heavy atom. The fraction of sp³-hybridized carbons (Fsp3) is 0.333. The normalized spacial score (nSPS) is 15.6. The van der Waals surface area contributed by atoms with Crippen LogP contribution >= 0.6 is 0 Å². The Kier molecular flexibility index (Phi) is 44.0. The predicted molar refractivity (Wildman–Crippen MR) is 62.2 cm³/mol. The van der Waals surface area contributed by atoms with Crippen LogP contribution in [-0.4, -0.2) is 59.7 Å². The van der Waals surface area contributed by atoms with Crippen LogP contribution in [-0.2, 0) is 47.9 Å². The van der Waals surface area contributed by atoms with Crippen LogP contribution in [0.4, 0.5) is 0 Å². The van der Waals surface area contributed by atoms with Crippen molar-refractivity contribution in [2.24, 2.45) is 27.1 Å². The van der Waals surface area contributed by atoms with Crippen molar-refractivity contribution in [1.82, 2.24) is 0 Å². The maximum absolute atomic E-state index is 11.9. The average molecular weight is 730 g/mol. The minimum Gasteiger partial charge on any atom is -0.549 e. The molecule has 0 saturated heterocycles. The first-order chi connectivity index (χ1) is 15.7. The van der Waals surface area contributed by atoms with Crippen molar-refractivity contribution >= 4 is 59.7 Å². The maximum Gasteiger partial charge on any atom is 1.00 e. The molecule has 0 radical (unpaired) electrons. The second-order valence-corrected chi connectivity index (χ2v) is 6.62. The Labute approximate surface area is 471 Å². The predicted octanol–water partition coefficient (Wildman–Crippen LogP) is -47.5. The monoisotopic (exact) mass is 730 g/mol. The average Bonchev–Trinajstić information content (AvgIpc) is 2.89. The van der Waals surface area contributed by atoms with Gasteiger partial charge in [0.15, 0.2) is 0 Å². The van der Waals surface area contributed by atoms with Gasteiger partial charge in [0, 0.05) is 0 Å². The van der Waals surface area contributed by atoms with Crippen LogP contribution < -0.4 is 347 Å². The number of hydrogen-bond acceptors (Lipinski definition) is 20. The third-order valence-corrected chi connectivity index (χ3v) is 5.87. The summed E-state index contributed by atoms with van der Waals surface area (Å²) in [6.07, 6.45) is 0. The first-order valence-corrected chi connectivity index (χ1v) is 7.83. The van der Waals surface area contributed by atoms with Crippen LogP contribution in [0.5, 0.6) is 0 Å². The van der Waals surface area contributed by atoms with Crippen LogP contribution in [0.25, 0.3) is 0 Å². The smallest absolute Gasteiger partial charge is 0.549 e. The molecule has 1 rings (SSSR count). The Morgan fingerprint density at radius 2 is 0.244 bits per heavy atom. The molecule has 0 aromatic carbocycles. The number of carbonyl (C=O) groups is 10. The Balaban J connectivity index is -0.000000153. The molecule has 0 atom stereocenters. The van der Waals surface area contributed by atoms with Gasteiger partial charge in [-0.25, -0.2) is 0 Å². The van der Waals surface area contributed by atoms with E-state index in [-0.39, 0.29) is 296 Å². The summed E-state index contributed by atoms with van der Waals surface area (Å²) < 4.78 is 0. The Hall–Kier alpha value is 4.70. The van der Waals surface area contributed by atoms with Gasteiger partial charge < -0.3 is 99.0 Å². The van der Waals surface area contributed by atoms with Gasteiger partial charge in [-0.15, -0.1) is 0 Å². The number of hydrogen-bond donors (Lipinski definition) is 0. The van der Waals surface area contributed by atoms with Gasteiger partial charge in [0.2, 0.25) is 0 Å². The van der Waals surface area contributed by atoms with Crippen LogP contribution in [0.3, 0.4) is 0 Å². The molecule has 45 heavy (non-hydrogen) atoms. The molecule has 0 N–H and O–H groups in total. The van der Waals surface area contributed by atoms with E-state index in [0.29, 0.717) is 0 Å². The molecule has 0 bridgehead atoms. The van der Waals surface area contributed by atoms with Gasteiger partial charge in [-0.1, -0.05) is 0 Å². The first kappa shape index (κ1) is 74.8. The number of carboxylic acids is 10. The van der Waals surface area contributed by atoms with E-state index in [1.165, 1.54) is 0 Å². The van der Waals surface area contributed by atoms with Crippen molar-refractivity contribution in [2.45, 2.75) is 0 Å². The SMILES string of the molecule is O=C([O-])C1(C(=O)[O-])C(C(=O)[O-])(C(=O)[O-])C(C(=O)[O-])(C(=O)[O-])C(C(=O)[O-])(C(=O)[O-])C1(C(=O)[O-])C(=O)[O-].[Na+].[Na+].[Na+].[Na+].[Na+].[Na+].[Na+].[Na+].[Na+].[Na+]. The van der Waals surface area contributed by atoms with E-state index in [2.05, 4.69) is 0 Å². The maximum atomic E-state index is 11.9. The zero-order valence-corrected chi connectivity index (χ0v) is 45.7. The molecule has 0 aromatic rings. The fourth-order valence-electron chi connectivity index (χ4n) is 4.88. The minimum atomic E-state index is -6.52. The minimum absolute atomic E-state index is 0. The standard InChI is InChI=1S/C15H10O20.10Na/c16-1(17)11(2(18)19)12(3(20)21,4(22)23)14(7(28)29,8(30)31)15(9(32)33,10(34)35)13(11,5(24)25)6(26)27;;;;;;;;;;/h(H,16,17)(H,18,19)(H,20,21)(H,22,23)(H,24,25)(H,26,27)(H,28,29)(H,30,31)(H,32,33)(H,34,35);;;;;;;;;;/q;10*+1/p-10. The van der Waals surface area contributed by atoms with Crippen LogP contribution in [0.1, 0.15) is 0 Å². The zero-order chi connectivity index (χ0) is 28.3. The summed E-state index contributed by atoms with van der Waals surface area (Å²) in [5.41, 5.74) is -32.6. The van der Waals surface area contributed by atoms with Crippen molar-refractivity contribution in [3.63, 3.8) is 0 Å². The van der Waals surface area contributed by atoms with Gasteiger partial charge in [0.1, 0.15) is 0 Å². The molecule has 0 spiro atoms. The molecule has 20 nitrogen and oxygen atoms in total. The number of rotatable bonds is 10. The molecule has 1 fully saturated rings. The zero-order valence-electron chi connectivity index (χ0n) is 25.7. The van der Waals surface area contributed by atoms with E-state index in [0.717, 1.165) is 0 Å². The molecule has 190 valence electrons. The topological polar surface area (TPSA) is 401 Å². The van der Waals surface area contributed by atoms with Gasteiger partial charge in [0.05, 0.1) is 86.8 Å². The van der Waals surface area contributed by atoms with Crippen LogP contribution in [0.2, 0.25) is 0 Å². The Bertz CT molecular complexity index is 888. The number of carboxylic acid groups (broad SMARTS) is 10. The molecule has 1 aliphatic rings. The molecule has 30 heteroatoms. The first-order valence-electron chi connectivity index (χ1n) is 7.83. The summed E-state index contributed by atoms with van der Waals surface area (Å²) in [4.78, 5) is 119. The molecular formula is C15Na10O20. The van der Waals surface area contributed by atoms with Crippen LogP contribution in [0.15, 0.2) is 0 Å². The fourth-order valence-corrected chi connectivity index (χ4v) is 4.88. The van der Waals surface area contributed by atoms with E-state index in [9.17, 15) is 99.0 Å². The van der Waals surface area contributed by atoms with Gasteiger partial charge >= 0.3 is 296 Å². The number of carbonyl (C=O) groups excluding carboxylic acids is 10. The molecule has 1 saturated carbocycles. The molecular weight excluding hydrogens is 730 g/mol. The summed E-state index contributed by atoms with van der Waals surface area (Å²) in [7, 11) is 0. The second-order valence-electron chi connectivity index (χ2n) is 6.62. The number of aliphatic carboxylic acids is 10. The van der Waals surface area contributed by atoms with E-state index in [4.69, 9.17) is 0 Å². The Morgan fingerprint density at radius 1 is 0.200 bits per heavy atom. The van der Waals surface area contributed by atoms with E-state index in [1.807, 2.05) is 0 Å². The molecule has 1 aliphatic carbocycles. The van der Waals surface area contributed by atoms with E-state index >= 15 is 0 Å². The van der Waals surface area contributed by atoms with Gasteiger partial charge in [-0.3, -0.25) is 0 Å². The van der Waals surface area contributed by atoms with E-state index in [1.54, 1.807) is 0 Å². The van der Waals surface area contributed by atoms with Gasteiger partial charge in [-0.05, 0) is 0 Å². The third-order valence-electron chi connectivity index (χ3n) is 5.87. The molecule has 0 aliphatic heterocycles. The largest absolute Gasteiger partial charge is 1.00 e.